The molecule has 2 bridgehead atoms. The summed E-state index contributed by atoms with van der Waals surface area (Å²) in [5, 5.41) is 3.13. The van der Waals surface area contributed by atoms with Crippen molar-refractivity contribution < 1.29 is 9.13 Å². The number of nitrogens with one attached hydrogen (secondary N) is 1. The minimum Gasteiger partial charge on any atom is -0.423 e. The first-order chi connectivity index (χ1) is 15.5. The molecule has 3 heterocycles. The van der Waals surface area contributed by atoms with Gasteiger partial charge in [-0.15, -0.1) is 0 Å². The van der Waals surface area contributed by atoms with E-state index in [9.17, 15) is 4.39 Å². The van der Waals surface area contributed by atoms with Crippen molar-refractivity contribution in [3.8, 4) is 22.9 Å². The monoisotopic (exact) mass is 432 g/mol. The lowest BCUT2D eigenvalue weighted by atomic mass is 10.0. The van der Waals surface area contributed by atoms with Crippen molar-refractivity contribution >= 4 is 11.5 Å². The molecule has 3 aromatic rings. The van der Waals surface area contributed by atoms with Crippen molar-refractivity contribution in [3.05, 3.63) is 53.2 Å². The maximum atomic E-state index is 14.5. The third kappa shape index (κ3) is 3.01. The Morgan fingerprint density at radius 3 is 2.78 bits per heavy atom. The van der Waals surface area contributed by atoms with E-state index in [1.165, 1.54) is 6.07 Å². The van der Waals surface area contributed by atoms with E-state index < -0.39 is 0 Å². The molecule has 1 aromatic carbocycles. The molecule has 1 unspecified atom stereocenters. The molecule has 1 saturated carbocycles. The highest BCUT2D eigenvalue weighted by Gasteiger charge is 2.45. The van der Waals surface area contributed by atoms with E-state index in [0.717, 1.165) is 58.8 Å². The van der Waals surface area contributed by atoms with E-state index in [4.69, 9.17) is 20.4 Å². The maximum absolute atomic E-state index is 14.5. The standard InChI is InChI=1S/C24H25FN6O/c1-12-3-16(10-28-9-12)32-24-29-21-8-17-18(5-14(25)6-20(17)27-2)22(21)23(30-24)31-11-13-4-15(31)7-19(13)26/h3,5-6,9-10,13,15,19,27H,4,7-8,11,26H2,1-2H3/t13?,15-,19-/m0/s1. The summed E-state index contributed by atoms with van der Waals surface area (Å²) in [6, 6.07) is 5.90. The fraction of sp³-hybridized carbons (Fsp3) is 0.375. The van der Waals surface area contributed by atoms with E-state index in [-0.39, 0.29) is 17.9 Å². The zero-order valence-corrected chi connectivity index (χ0v) is 18.1. The average molecular weight is 433 g/mol. The second-order valence-corrected chi connectivity index (χ2v) is 9.06. The highest BCUT2D eigenvalue weighted by Crippen LogP contribution is 2.49. The van der Waals surface area contributed by atoms with E-state index >= 15 is 0 Å². The topological polar surface area (TPSA) is 89.2 Å². The number of aromatic nitrogens is 3. The first kappa shape index (κ1) is 19.4. The van der Waals surface area contributed by atoms with E-state index in [1.54, 1.807) is 18.5 Å². The number of rotatable bonds is 4. The van der Waals surface area contributed by atoms with Crippen LogP contribution in [0.15, 0.2) is 30.6 Å². The normalized spacial score (nSPS) is 22.8. The lowest BCUT2D eigenvalue weighted by Crippen LogP contribution is -2.41. The molecule has 3 atom stereocenters. The number of anilines is 2. The highest BCUT2D eigenvalue weighted by molar-refractivity contribution is 5.88. The Bertz CT molecular complexity index is 1230. The molecule has 1 saturated heterocycles. The van der Waals surface area contributed by atoms with Crippen LogP contribution in [0.1, 0.15) is 29.7 Å². The number of halogens is 1. The van der Waals surface area contributed by atoms with E-state index in [2.05, 4.69) is 15.2 Å². The average Bonchev–Trinajstić information content (AvgIpc) is 3.44. The largest absolute Gasteiger partial charge is 0.423 e. The third-order valence-corrected chi connectivity index (χ3v) is 6.97. The number of nitrogens with zero attached hydrogens (tertiary/aromatic N) is 4. The van der Waals surface area contributed by atoms with Crippen LogP contribution in [0, 0.1) is 18.7 Å². The van der Waals surface area contributed by atoms with Gasteiger partial charge in [-0.05, 0) is 60.6 Å². The molecular weight excluding hydrogens is 407 g/mol. The number of nitrogens with two attached hydrogens (primary N) is 1. The molecule has 0 spiro atoms. The first-order valence-electron chi connectivity index (χ1n) is 11.0. The van der Waals surface area contributed by atoms with Gasteiger partial charge in [0, 0.05) is 49.5 Å². The van der Waals surface area contributed by atoms with Crippen molar-refractivity contribution in [2.24, 2.45) is 11.7 Å². The third-order valence-electron chi connectivity index (χ3n) is 6.97. The lowest BCUT2D eigenvalue weighted by Gasteiger charge is -2.32. The number of fused-ring (bicyclic) bond motifs is 5. The molecule has 0 radical (unpaired) electrons. The van der Waals surface area contributed by atoms with Crippen LogP contribution in [0.25, 0.3) is 11.1 Å². The minimum absolute atomic E-state index is 0.237. The summed E-state index contributed by atoms with van der Waals surface area (Å²) in [5.41, 5.74) is 11.7. The molecule has 8 heteroatoms. The van der Waals surface area contributed by atoms with Gasteiger partial charge in [-0.25, -0.2) is 4.39 Å². The molecule has 164 valence electrons. The molecule has 2 aromatic heterocycles. The Balaban J connectivity index is 1.49. The zero-order chi connectivity index (χ0) is 22.0. The predicted molar refractivity (Wildman–Crippen MR) is 121 cm³/mol. The molecule has 2 fully saturated rings. The van der Waals surface area contributed by atoms with Gasteiger partial charge in [0.15, 0.2) is 0 Å². The van der Waals surface area contributed by atoms with Crippen LogP contribution in [0.2, 0.25) is 0 Å². The Morgan fingerprint density at radius 2 is 2.06 bits per heavy atom. The van der Waals surface area contributed by atoms with Crippen LogP contribution < -0.4 is 20.7 Å². The van der Waals surface area contributed by atoms with Crippen LogP contribution in [-0.4, -0.2) is 40.6 Å². The van der Waals surface area contributed by atoms with Gasteiger partial charge in [0.1, 0.15) is 17.4 Å². The van der Waals surface area contributed by atoms with Gasteiger partial charge in [0.2, 0.25) is 0 Å². The van der Waals surface area contributed by atoms with Gasteiger partial charge in [-0.3, -0.25) is 4.98 Å². The Hall–Kier alpha value is -3.26. The summed E-state index contributed by atoms with van der Waals surface area (Å²) >= 11 is 0. The first-order valence-corrected chi connectivity index (χ1v) is 11.0. The van der Waals surface area contributed by atoms with Crippen molar-refractivity contribution in [1.29, 1.82) is 0 Å². The second-order valence-electron chi connectivity index (χ2n) is 9.06. The van der Waals surface area contributed by atoms with Gasteiger partial charge in [0.25, 0.3) is 0 Å². The summed E-state index contributed by atoms with van der Waals surface area (Å²) < 4.78 is 20.5. The predicted octanol–water partition coefficient (Wildman–Crippen LogP) is 3.65. The number of hydrogen-bond donors (Lipinski definition) is 2. The summed E-state index contributed by atoms with van der Waals surface area (Å²) in [5.74, 6) is 1.59. The summed E-state index contributed by atoms with van der Waals surface area (Å²) in [7, 11) is 1.81. The van der Waals surface area contributed by atoms with Crippen LogP contribution in [0.4, 0.5) is 15.9 Å². The summed E-state index contributed by atoms with van der Waals surface area (Å²) in [4.78, 5) is 16.1. The Labute approximate surface area is 185 Å². The van der Waals surface area contributed by atoms with Crippen molar-refractivity contribution in [3.63, 3.8) is 0 Å². The Morgan fingerprint density at radius 1 is 1.19 bits per heavy atom. The highest BCUT2D eigenvalue weighted by atomic mass is 19.1. The molecule has 3 aliphatic rings. The maximum Gasteiger partial charge on any atom is 0.324 e. The molecule has 3 N–H and O–H groups in total. The number of aryl methyl sites for hydroxylation is 1. The number of ether oxygens (including phenoxy) is 1. The Kier molecular flexibility index (Phi) is 4.33. The molecular formula is C24H25FN6O. The number of benzene rings is 1. The molecule has 7 nitrogen and oxygen atoms in total. The zero-order valence-electron chi connectivity index (χ0n) is 18.1. The molecule has 6 rings (SSSR count). The number of piperidine rings is 1. The fourth-order valence-corrected chi connectivity index (χ4v) is 5.51. The summed E-state index contributed by atoms with van der Waals surface area (Å²) in [6.45, 7) is 2.81. The van der Waals surface area contributed by atoms with Crippen LogP contribution in [0.3, 0.4) is 0 Å². The van der Waals surface area contributed by atoms with Gasteiger partial charge in [-0.2, -0.15) is 9.97 Å². The van der Waals surface area contributed by atoms with Gasteiger partial charge in [0.05, 0.1) is 11.9 Å². The fourth-order valence-electron chi connectivity index (χ4n) is 5.51. The molecule has 2 aliphatic carbocycles. The van der Waals surface area contributed by atoms with Crippen LogP contribution >= 0.6 is 0 Å². The van der Waals surface area contributed by atoms with Gasteiger partial charge in [-0.1, -0.05) is 0 Å². The minimum atomic E-state index is -0.275. The van der Waals surface area contributed by atoms with E-state index in [1.807, 2.05) is 20.0 Å². The van der Waals surface area contributed by atoms with Crippen molar-refractivity contribution in [2.45, 2.75) is 38.3 Å². The smallest absolute Gasteiger partial charge is 0.324 e. The lowest BCUT2D eigenvalue weighted by molar-refractivity contribution is 0.434. The molecule has 0 amide bonds. The number of pyridine rings is 1. The van der Waals surface area contributed by atoms with Crippen LogP contribution in [-0.2, 0) is 6.42 Å². The van der Waals surface area contributed by atoms with Crippen molar-refractivity contribution in [2.75, 3.05) is 23.8 Å². The summed E-state index contributed by atoms with van der Waals surface area (Å²) in [6.07, 6.45) is 6.04. The molecule has 1 aliphatic heterocycles. The molecule has 32 heavy (non-hydrogen) atoms. The van der Waals surface area contributed by atoms with Gasteiger partial charge >= 0.3 is 6.01 Å². The number of hydrogen-bond acceptors (Lipinski definition) is 7. The van der Waals surface area contributed by atoms with Crippen molar-refractivity contribution in [1.82, 2.24) is 15.0 Å². The van der Waals surface area contributed by atoms with Gasteiger partial charge < -0.3 is 20.7 Å². The SMILES string of the molecule is CNc1cc(F)cc2c1Cc1nc(Oc3cncc(C)c3)nc(N3CC4C[C@H]3C[C@@H]4N)c1-2. The second kappa shape index (κ2) is 7.13. The van der Waals surface area contributed by atoms with E-state index in [0.29, 0.717) is 24.1 Å². The van der Waals surface area contributed by atoms with Crippen LogP contribution in [0.5, 0.6) is 11.8 Å². The quantitative estimate of drug-likeness (QED) is 0.509.